The smallest absolute Gasteiger partial charge is 0.163 e. The maximum atomic E-state index is 5.67. The van der Waals surface area contributed by atoms with E-state index in [1.54, 1.807) is 0 Å². The van der Waals surface area contributed by atoms with Crippen LogP contribution in [-0.2, 0) is 5.41 Å². The Morgan fingerprint density at radius 2 is 1.76 bits per heavy atom. The molecule has 2 aromatic rings. The molecule has 3 rings (SSSR count). The van der Waals surface area contributed by atoms with Gasteiger partial charge in [-0.25, -0.2) is 4.98 Å². The second-order valence-electron chi connectivity index (χ2n) is 6.35. The molecule has 1 aliphatic heterocycles. The van der Waals surface area contributed by atoms with Crippen LogP contribution >= 0.6 is 0 Å². The molecule has 0 saturated heterocycles. The van der Waals surface area contributed by atoms with E-state index in [4.69, 9.17) is 14.5 Å². The number of nitrogens with zero attached hydrogens (tertiary/aromatic N) is 1. The third-order valence-electron chi connectivity index (χ3n) is 3.63. The zero-order valence-electron chi connectivity index (χ0n) is 13.1. The first kappa shape index (κ1) is 14.0. The van der Waals surface area contributed by atoms with Crippen LogP contribution in [-0.4, -0.2) is 24.7 Å². The summed E-state index contributed by atoms with van der Waals surface area (Å²) in [5.74, 6) is 2.55. The van der Waals surface area contributed by atoms with Crippen LogP contribution in [0.2, 0.25) is 0 Å². The molecule has 1 aromatic heterocycles. The predicted molar refractivity (Wildman–Crippen MR) is 85.6 cm³/mol. The van der Waals surface area contributed by atoms with E-state index < -0.39 is 0 Å². The Kier molecular flexibility index (Phi) is 3.40. The molecule has 1 N–H and O–H groups in total. The summed E-state index contributed by atoms with van der Waals surface area (Å²) in [6, 6.07) is 6.21. The van der Waals surface area contributed by atoms with Crippen LogP contribution in [0, 0.1) is 0 Å². The summed E-state index contributed by atoms with van der Waals surface area (Å²) >= 11 is 0. The van der Waals surface area contributed by atoms with Gasteiger partial charge in [0.1, 0.15) is 19.0 Å². The molecule has 1 aromatic carbocycles. The van der Waals surface area contributed by atoms with E-state index in [9.17, 15) is 0 Å². The van der Waals surface area contributed by atoms with Crippen molar-refractivity contribution < 1.29 is 9.47 Å². The summed E-state index contributed by atoms with van der Waals surface area (Å²) < 4.78 is 11.3. The van der Waals surface area contributed by atoms with Crippen LogP contribution in [0.4, 0.5) is 5.82 Å². The first-order valence-corrected chi connectivity index (χ1v) is 7.48. The Morgan fingerprint density at radius 1 is 1.10 bits per heavy atom. The molecule has 4 nitrogen and oxygen atoms in total. The highest BCUT2D eigenvalue weighted by Gasteiger charge is 2.21. The molecular weight excluding hydrogens is 264 g/mol. The second kappa shape index (κ2) is 5.10. The summed E-state index contributed by atoms with van der Waals surface area (Å²) in [5, 5.41) is 4.46. The number of aromatic nitrogens is 1. The Hall–Kier alpha value is -1.97. The van der Waals surface area contributed by atoms with Crippen LogP contribution in [0.25, 0.3) is 10.9 Å². The summed E-state index contributed by atoms with van der Waals surface area (Å²) in [7, 11) is 0. The number of hydrogen-bond acceptors (Lipinski definition) is 4. The second-order valence-corrected chi connectivity index (χ2v) is 6.35. The molecule has 0 fully saturated rings. The molecule has 21 heavy (non-hydrogen) atoms. The van der Waals surface area contributed by atoms with Gasteiger partial charge in [-0.05, 0) is 24.5 Å². The third-order valence-corrected chi connectivity index (χ3v) is 3.63. The number of ether oxygens (including phenoxy) is 2. The third kappa shape index (κ3) is 2.62. The predicted octanol–water partition coefficient (Wildman–Crippen LogP) is 3.74. The van der Waals surface area contributed by atoms with Crippen molar-refractivity contribution in [3.05, 3.63) is 23.8 Å². The van der Waals surface area contributed by atoms with E-state index >= 15 is 0 Å². The van der Waals surface area contributed by atoms with Crippen molar-refractivity contribution in [2.75, 3.05) is 25.1 Å². The molecule has 0 radical (unpaired) electrons. The van der Waals surface area contributed by atoms with Crippen LogP contribution in [0.1, 0.15) is 33.3 Å². The van der Waals surface area contributed by atoms with E-state index in [1.807, 2.05) is 12.1 Å². The number of fused-ring (bicyclic) bond motifs is 2. The molecule has 0 unspecified atom stereocenters. The molecule has 4 heteroatoms. The van der Waals surface area contributed by atoms with Gasteiger partial charge in [-0.1, -0.05) is 20.8 Å². The largest absolute Gasteiger partial charge is 0.486 e. The van der Waals surface area contributed by atoms with E-state index in [2.05, 4.69) is 39.1 Å². The van der Waals surface area contributed by atoms with Crippen LogP contribution in [0.5, 0.6) is 11.5 Å². The number of rotatable bonds is 2. The first-order valence-electron chi connectivity index (χ1n) is 7.48. The van der Waals surface area contributed by atoms with Crippen molar-refractivity contribution in [2.45, 2.75) is 33.1 Å². The maximum absolute atomic E-state index is 5.67. The number of benzene rings is 1. The summed E-state index contributed by atoms with van der Waals surface area (Å²) in [5.41, 5.74) is 2.18. The lowest BCUT2D eigenvalue weighted by Gasteiger charge is -2.24. The van der Waals surface area contributed by atoms with Crippen LogP contribution < -0.4 is 14.8 Å². The van der Waals surface area contributed by atoms with Crippen molar-refractivity contribution in [3.63, 3.8) is 0 Å². The average Bonchev–Trinajstić information content (AvgIpc) is 2.43. The maximum Gasteiger partial charge on any atom is 0.163 e. The fraction of sp³-hybridized carbons (Fsp3) is 0.471. The zero-order valence-corrected chi connectivity index (χ0v) is 13.1. The summed E-state index contributed by atoms with van der Waals surface area (Å²) in [6.07, 6.45) is 0. The summed E-state index contributed by atoms with van der Waals surface area (Å²) in [6.45, 7) is 10.7. The Bertz CT molecular complexity index is 675. The quantitative estimate of drug-likeness (QED) is 0.913. The van der Waals surface area contributed by atoms with Crippen LogP contribution in [0.15, 0.2) is 18.2 Å². The molecule has 2 heterocycles. The Balaban J connectivity index is 2.20. The topological polar surface area (TPSA) is 43.4 Å². The number of nitrogens with one attached hydrogen (secondary N) is 1. The van der Waals surface area contributed by atoms with Crippen molar-refractivity contribution in [1.29, 1.82) is 0 Å². The number of pyridine rings is 1. The van der Waals surface area contributed by atoms with Gasteiger partial charge in [-0.15, -0.1) is 0 Å². The van der Waals surface area contributed by atoms with Gasteiger partial charge in [-0.2, -0.15) is 0 Å². The number of hydrogen-bond donors (Lipinski definition) is 1. The zero-order chi connectivity index (χ0) is 15.0. The highest BCUT2D eigenvalue weighted by atomic mass is 16.6. The molecule has 0 saturated carbocycles. The lowest BCUT2D eigenvalue weighted by atomic mass is 9.86. The van der Waals surface area contributed by atoms with E-state index in [-0.39, 0.29) is 5.41 Å². The summed E-state index contributed by atoms with van der Waals surface area (Å²) in [4.78, 5) is 4.79. The van der Waals surface area contributed by atoms with E-state index in [0.717, 1.165) is 34.8 Å². The van der Waals surface area contributed by atoms with Crippen LogP contribution in [0.3, 0.4) is 0 Å². The normalized spacial score (nSPS) is 14.3. The van der Waals surface area contributed by atoms with Gasteiger partial charge >= 0.3 is 0 Å². The van der Waals surface area contributed by atoms with Gasteiger partial charge in [-0.3, -0.25) is 0 Å². The fourth-order valence-corrected chi connectivity index (χ4v) is 2.58. The minimum Gasteiger partial charge on any atom is -0.486 e. The van der Waals surface area contributed by atoms with Gasteiger partial charge in [0.15, 0.2) is 11.5 Å². The lowest BCUT2D eigenvalue weighted by molar-refractivity contribution is 0.172. The van der Waals surface area contributed by atoms with E-state index in [1.165, 1.54) is 5.56 Å². The minimum atomic E-state index is 0.0337. The molecule has 0 aliphatic carbocycles. The van der Waals surface area contributed by atoms with Crippen molar-refractivity contribution in [1.82, 2.24) is 4.98 Å². The SMILES string of the molecule is CCNc1nc2cc3c(cc2cc1C(C)(C)C)OCCO3. The molecular formula is C17H22N2O2. The molecule has 0 bridgehead atoms. The average molecular weight is 286 g/mol. The highest BCUT2D eigenvalue weighted by Crippen LogP contribution is 2.37. The van der Waals surface area contributed by atoms with Crippen molar-refractivity contribution >= 4 is 16.7 Å². The first-order chi connectivity index (χ1) is 9.99. The van der Waals surface area contributed by atoms with Crippen molar-refractivity contribution in [2.24, 2.45) is 0 Å². The molecule has 0 amide bonds. The monoisotopic (exact) mass is 286 g/mol. The standard InChI is InChI=1S/C17H22N2O2/c1-5-18-16-12(17(2,3)4)8-11-9-14-15(10-13(11)19-16)21-7-6-20-14/h8-10H,5-7H2,1-4H3,(H,18,19). The molecule has 0 spiro atoms. The minimum absolute atomic E-state index is 0.0337. The Morgan fingerprint density at radius 3 is 2.38 bits per heavy atom. The molecule has 112 valence electrons. The van der Waals surface area contributed by atoms with Gasteiger partial charge in [0.2, 0.25) is 0 Å². The highest BCUT2D eigenvalue weighted by molar-refractivity contribution is 5.85. The van der Waals surface area contributed by atoms with E-state index in [0.29, 0.717) is 13.2 Å². The van der Waals surface area contributed by atoms with Gasteiger partial charge < -0.3 is 14.8 Å². The van der Waals surface area contributed by atoms with Gasteiger partial charge in [0.25, 0.3) is 0 Å². The fourth-order valence-electron chi connectivity index (χ4n) is 2.58. The lowest BCUT2D eigenvalue weighted by Crippen LogP contribution is -2.17. The Labute approximate surface area is 125 Å². The van der Waals surface area contributed by atoms with Crippen molar-refractivity contribution in [3.8, 4) is 11.5 Å². The molecule has 0 atom stereocenters. The van der Waals surface area contributed by atoms with Gasteiger partial charge in [0.05, 0.1) is 5.52 Å². The molecule has 1 aliphatic rings. The number of anilines is 1. The van der Waals surface area contributed by atoms with Gasteiger partial charge in [0, 0.05) is 23.6 Å².